The van der Waals surface area contributed by atoms with Gasteiger partial charge in [-0.15, -0.1) is 0 Å². The standard InChI is InChI=1S/C15H18N4OS/c1-9-6-10(2)17-13(11(9)7-16)21-8-12-18-14(19-20-12)15(3,4)5/h6H,8H2,1-5H3. The highest BCUT2D eigenvalue weighted by molar-refractivity contribution is 7.98. The highest BCUT2D eigenvalue weighted by Crippen LogP contribution is 2.27. The van der Waals surface area contributed by atoms with Crippen molar-refractivity contribution in [3.63, 3.8) is 0 Å². The third-order valence-corrected chi connectivity index (χ3v) is 3.85. The van der Waals surface area contributed by atoms with E-state index in [2.05, 4.69) is 21.2 Å². The maximum atomic E-state index is 9.24. The maximum Gasteiger partial charge on any atom is 0.237 e. The Balaban J connectivity index is 2.17. The van der Waals surface area contributed by atoms with Crippen LogP contribution in [-0.4, -0.2) is 15.1 Å². The molecule has 6 heteroatoms. The third kappa shape index (κ3) is 3.61. The van der Waals surface area contributed by atoms with Crippen LogP contribution in [0.15, 0.2) is 15.6 Å². The molecule has 110 valence electrons. The molecule has 0 bridgehead atoms. The van der Waals surface area contributed by atoms with Crippen molar-refractivity contribution < 1.29 is 4.52 Å². The molecular formula is C15H18N4OS. The van der Waals surface area contributed by atoms with Gasteiger partial charge >= 0.3 is 0 Å². The summed E-state index contributed by atoms with van der Waals surface area (Å²) in [4.78, 5) is 8.81. The predicted molar refractivity (Wildman–Crippen MR) is 81.0 cm³/mol. The lowest BCUT2D eigenvalue weighted by atomic mass is 9.96. The minimum atomic E-state index is -0.137. The molecule has 2 aromatic rings. The van der Waals surface area contributed by atoms with Gasteiger partial charge in [0.2, 0.25) is 5.89 Å². The highest BCUT2D eigenvalue weighted by Gasteiger charge is 2.21. The van der Waals surface area contributed by atoms with Crippen molar-refractivity contribution in [2.45, 2.75) is 50.8 Å². The number of aryl methyl sites for hydroxylation is 2. The molecule has 0 aromatic carbocycles. The maximum absolute atomic E-state index is 9.24. The monoisotopic (exact) mass is 302 g/mol. The van der Waals surface area contributed by atoms with Crippen molar-refractivity contribution in [3.05, 3.63) is 34.6 Å². The Morgan fingerprint density at radius 2 is 2.00 bits per heavy atom. The predicted octanol–water partition coefficient (Wildman–Crippen LogP) is 3.54. The number of pyridine rings is 1. The molecule has 0 amide bonds. The number of nitriles is 1. The highest BCUT2D eigenvalue weighted by atomic mass is 32.2. The second kappa shape index (κ2) is 5.86. The molecule has 0 aliphatic heterocycles. The first kappa shape index (κ1) is 15.5. The van der Waals surface area contributed by atoms with Crippen molar-refractivity contribution >= 4 is 11.8 Å². The summed E-state index contributed by atoms with van der Waals surface area (Å²) in [6.07, 6.45) is 0. The molecule has 2 aromatic heterocycles. The number of rotatable bonds is 3. The van der Waals surface area contributed by atoms with Crippen LogP contribution in [0.1, 0.15) is 49.3 Å². The summed E-state index contributed by atoms with van der Waals surface area (Å²) < 4.78 is 5.25. The van der Waals surface area contributed by atoms with E-state index in [0.717, 1.165) is 11.3 Å². The van der Waals surface area contributed by atoms with E-state index in [0.29, 0.717) is 28.1 Å². The van der Waals surface area contributed by atoms with Gasteiger partial charge in [0, 0.05) is 11.1 Å². The zero-order valence-electron chi connectivity index (χ0n) is 12.9. The van der Waals surface area contributed by atoms with Crippen molar-refractivity contribution in [3.8, 4) is 6.07 Å². The molecule has 0 aliphatic carbocycles. The van der Waals surface area contributed by atoms with Crippen LogP contribution in [0.25, 0.3) is 0 Å². The van der Waals surface area contributed by atoms with E-state index in [9.17, 15) is 5.26 Å². The number of hydrogen-bond acceptors (Lipinski definition) is 6. The Hall–Kier alpha value is -1.87. The molecule has 5 nitrogen and oxygen atoms in total. The van der Waals surface area contributed by atoms with Crippen molar-refractivity contribution in [2.24, 2.45) is 0 Å². The molecule has 0 atom stereocenters. The lowest BCUT2D eigenvalue weighted by Crippen LogP contribution is -2.13. The van der Waals surface area contributed by atoms with Gasteiger partial charge in [0.1, 0.15) is 11.1 Å². The van der Waals surface area contributed by atoms with E-state index in [4.69, 9.17) is 4.52 Å². The number of aromatic nitrogens is 3. The first-order valence-electron chi connectivity index (χ1n) is 6.65. The van der Waals surface area contributed by atoms with Gasteiger partial charge in [-0.05, 0) is 25.5 Å². The van der Waals surface area contributed by atoms with Crippen LogP contribution in [0.2, 0.25) is 0 Å². The minimum absolute atomic E-state index is 0.137. The molecule has 0 fully saturated rings. The van der Waals surface area contributed by atoms with E-state index in [1.54, 1.807) is 0 Å². The van der Waals surface area contributed by atoms with E-state index in [1.807, 2.05) is 40.7 Å². The summed E-state index contributed by atoms with van der Waals surface area (Å²) in [6, 6.07) is 4.12. The number of nitrogens with zero attached hydrogens (tertiary/aromatic N) is 4. The molecule has 0 aliphatic rings. The molecule has 2 heterocycles. The number of hydrogen-bond donors (Lipinski definition) is 0. The van der Waals surface area contributed by atoms with Crippen molar-refractivity contribution in [1.29, 1.82) is 5.26 Å². The lowest BCUT2D eigenvalue weighted by Gasteiger charge is -2.10. The lowest BCUT2D eigenvalue weighted by molar-refractivity contribution is 0.373. The summed E-state index contributed by atoms with van der Waals surface area (Å²) in [5.74, 6) is 1.75. The fourth-order valence-corrected chi connectivity index (χ4v) is 2.73. The van der Waals surface area contributed by atoms with Gasteiger partial charge in [0.15, 0.2) is 5.82 Å². The van der Waals surface area contributed by atoms with Crippen LogP contribution >= 0.6 is 11.8 Å². The van der Waals surface area contributed by atoms with Crippen molar-refractivity contribution in [2.75, 3.05) is 0 Å². The van der Waals surface area contributed by atoms with Crippen LogP contribution in [0.4, 0.5) is 0 Å². The van der Waals surface area contributed by atoms with E-state index in [-0.39, 0.29) is 5.41 Å². The molecule has 2 rings (SSSR count). The second-order valence-corrected chi connectivity index (χ2v) is 6.89. The van der Waals surface area contributed by atoms with Crippen LogP contribution in [-0.2, 0) is 11.2 Å². The topological polar surface area (TPSA) is 75.6 Å². The van der Waals surface area contributed by atoms with Crippen molar-refractivity contribution in [1.82, 2.24) is 15.1 Å². The summed E-state index contributed by atoms with van der Waals surface area (Å²) >= 11 is 1.45. The molecule has 0 saturated carbocycles. The molecule has 21 heavy (non-hydrogen) atoms. The Labute approximate surface area is 128 Å². The summed E-state index contributed by atoms with van der Waals surface area (Å²) in [7, 11) is 0. The average Bonchev–Trinajstić information content (AvgIpc) is 2.84. The fourth-order valence-electron chi connectivity index (χ4n) is 1.79. The van der Waals surface area contributed by atoms with Gasteiger partial charge in [-0.3, -0.25) is 0 Å². The van der Waals surface area contributed by atoms with Gasteiger partial charge in [0.05, 0.1) is 11.3 Å². The van der Waals surface area contributed by atoms with E-state index in [1.165, 1.54) is 11.8 Å². The van der Waals surface area contributed by atoms with Gasteiger partial charge in [-0.2, -0.15) is 10.2 Å². The third-order valence-electron chi connectivity index (χ3n) is 2.89. The summed E-state index contributed by atoms with van der Waals surface area (Å²) in [6.45, 7) is 9.94. The molecule has 0 radical (unpaired) electrons. The smallest absolute Gasteiger partial charge is 0.237 e. The van der Waals surface area contributed by atoms with Crippen LogP contribution < -0.4 is 0 Å². The van der Waals surface area contributed by atoms with Crippen LogP contribution in [0.3, 0.4) is 0 Å². The molecule has 0 spiro atoms. The average molecular weight is 302 g/mol. The van der Waals surface area contributed by atoms with Gasteiger partial charge in [-0.1, -0.05) is 37.7 Å². The van der Waals surface area contributed by atoms with E-state index >= 15 is 0 Å². The zero-order valence-corrected chi connectivity index (χ0v) is 13.7. The van der Waals surface area contributed by atoms with Gasteiger partial charge in [0.25, 0.3) is 0 Å². The normalized spacial score (nSPS) is 11.4. The van der Waals surface area contributed by atoms with Gasteiger partial charge in [-0.25, -0.2) is 4.98 Å². The largest absolute Gasteiger partial charge is 0.338 e. The number of thioether (sulfide) groups is 1. The Bertz CT molecular complexity index is 695. The first-order chi connectivity index (χ1) is 9.81. The molecule has 0 saturated heterocycles. The summed E-state index contributed by atoms with van der Waals surface area (Å²) in [5.41, 5.74) is 2.31. The van der Waals surface area contributed by atoms with Crippen LogP contribution in [0.5, 0.6) is 0 Å². The van der Waals surface area contributed by atoms with Gasteiger partial charge < -0.3 is 4.52 Å². The van der Waals surface area contributed by atoms with E-state index < -0.39 is 0 Å². The summed E-state index contributed by atoms with van der Waals surface area (Å²) in [5, 5.41) is 13.9. The second-order valence-electron chi connectivity index (χ2n) is 5.92. The quantitative estimate of drug-likeness (QED) is 0.807. The Morgan fingerprint density at radius 3 is 2.57 bits per heavy atom. The van der Waals surface area contributed by atoms with Crippen LogP contribution in [0, 0.1) is 25.2 Å². The molecule has 0 N–H and O–H groups in total. The molecule has 0 unspecified atom stereocenters. The fraction of sp³-hybridized carbons (Fsp3) is 0.467. The SMILES string of the molecule is Cc1cc(C)c(C#N)c(SCc2nc(C(C)(C)C)no2)n1. The minimum Gasteiger partial charge on any atom is -0.338 e. The Morgan fingerprint density at radius 1 is 1.29 bits per heavy atom. The zero-order chi connectivity index (χ0) is 15.6. The molecular weight excluding hydrogens is 284 g/mol. The first-order valence-corrected chi connectivity index (χ1v) is 7.64. The Kier molecular flexibility index (Phi) is 4.33.